The molecule has 116 valence electrons. The maximum atomic E-state index is 6.31. The van der Waals surface area contributed by atoms with Crippen LogP contribution in [0.25, 0.3) is 5.69 Å². The van der Waals surface area contributed by atoms with E-state index >= 15 is 0 Å². The molecule has 22 heavy (non-hydrogen) atoms. The van der Waals surface area contributed by atoms with Crippen molar-refractivity contribution in [1.29, 1.82) is 0 Å². The van der Waals surface area contributed by atoms with Gasteiger partial charge < -0.3 is 5.73 Å². The lowest BCUT2D eigenvalue weighted by atomic mass is 9.78. The number of rotatable bonds is 3. The summed E-state index contributed by atoms with van der Waals surface area (Å²) in [6.07, 6.45) is 7.68. The van der Waals surface area contributed by atoms with Crippen LogP contribution in [-0.4, -0.2) is 33.8 Å². The molecular formula is C18H24N4. The van der Waals surface area contributed by atoms with Gasteiger partial charge in [0, 0.05) is 38.1 Å². The van der Waals surface area contributed by atoms with E-state index in [4.69, 9.17) is 5.73 Å². The molecule has 2 heterocycles. The highest BCUT2D eigenvalue weighted by Crippen LogP contribution is 2.36. The minimum atomic E-state index is 0.422. The van der Waals surface area contributed by atoms with Crippen LogP contribution in [0.4, 0.5) is 0 Å². The van der Waals surface area contributed by atoms with Crippen LogP contribution in [0.5, 0.6) is 0 Å². The molecule has 1 aliphatic heterocycles. The minimum absolute atomic E-state index is 0.422. The zero-order valence-corrected chi connectivity index (χ0v) is 12.9. The molecule has 4 rings (SSSR count). The number of hydrogen-bond acceptors (Lipinski definition) is 3. The molecule has 2 N–H and O–H groups in total. The molecule has 0 spiro atoms. The third kappa shape index (κ3) is 2.69. The van der Waals surface area contributed by atoms with Crippen LogP contribution in [-0.2, 0) is 6.54 Å². The predicted octanol–water partition coefficient (Wildman–Crippen LogP) is 2.43. The van der Waals surface area contributed by atoms with Crippen molar-refractivity contribution in [3.63, 3.8) is 0 Å². The van der Waals surface area contributed by atoms with Crippen LogP contribution in [0.3, 0.4) is 0 Å². The summed E-state index contributed by atoms with van der Waals surface area (Å²) in [4.78, 5) is 2.59. The molecule has 1 aliphatic carbocycles. The Labute approximate surface area is 131 Å². The lowest BCUT2D eigenvalue weighted by molar-refractivity contribution is 0.259. The quantitative estimate of drug-likeness (QED) is 0.946. The molecule has 2 fully saturated rings. The summed E-state index contributed by atoms with van der Waals surface area (Å²) in [6.45, 7) is 3.44. The monoisotopic (exact) mass is 296 g/mol. The highest BCUT2D eigenvalue weighted by Gasteiger charge is 2.38. The van der Waals surface area contributed by atoms with Gasteiger partial charge in [-0.3, -0.25) is 4.90 Å². The van der Waals surface area contributed by atoms with Crippen molar-refractivity contribution in [1.82, 2.24) is 14.7 Å². The fourth-order valence-corrected chi connectivity index (χ4v) is 4.17. The Morgan fingerprint density at radius 1 is 1.14 bits per heavy atom. The molecule has 1 aromatic heterocycles. The van der Waals surface area contributed by atoms with E-state index in [1.165, 1.54) is 37.9 Å². The van der Waals surface area contributed by atoms with Gasteiger partial charge >= 0.3 is 0 Å². The normalized spacial score (nSPS) is 28.7. The van der Waals surface area contributed by atoms with Crippen LogP contribution in [0.1, 0.15) is 24.8 Å². The average molecular weight is 296 g/mol. The van der Waals surface area contributed by atoms with Gasteiger partial charge in [-0.1, -0.05) is 18.6 Å². The topological polar surface area (TPSA) is 47.1 Å². The average Bonchev–Trinajstić information content (AvgIpc) is 3.18. The van der Waals surface area contributed by atoms with Crippen LogP contribution in [0.15, 0.2) is 42.7 Å². The first-order valence-corrected chi connectivity index (χ1v) is 8.36. The largest absolute Gasteiger partial charge is 0.327 e. The Kier molecular flexibility index (Phi) is 3.72. The van der Waals surface area contributed by atoms with Gasteiger partial charge in [0.15, 0.2) is 0 Å². The lowest BCUT2D eigenvalue weighted by Gasteiger charge is -2.29. The molecule has 3 atom stereocenters. The molecule has 2 aromatic rings. The van der Waals surface area contributed by atoms with Crippen molar-refractivity contribution in [2.24, 2.45) is 17.6 Å². The number of aromatic nitrogens is 2. The summed E-state index contributed by atoms with van der Waals surface area (Å²) in [6, 6.07) is 11.1. The smallest absolute Gasteiger partial charge is 0.0645 e. The van der Waals surface area contributed by atoms with Crippen molar-refractivity contribution >= 4 is 0 Å². The van der Waals surface area contributed by atoms with Crippen LogP contribution >= 0.6 is 0 Å². The molecule has 0 bridgehead atoms. The van der Waals surface area contributed by atoms with Crippen LogP contribution in [0, 0.1) is 11.8 Å². The van der Waals surface area contributed by atoms with E-state index in [0.717, 1.165) is 24.1 Å². The van der Waals surface area contributed by atoms with E-state index in [1.807, 2.05) is 23.1 Å². The molecular weight excluding hydrogens is 272 g/mol. The Hall–Kier alpha value is -1.65. The maximum absolute atomic E-state index is 6.31. The van der Waals surface area contributed by atoms with Gasteiger partial charge in [0.1, 0.15) is 0 Å². The first-order valence-electron chi connectivity index (χ1n) is 8.36. The summed E-state index contributed by atoms with van der Waals surface area (Å²) < 4.78 is 1.90. The van der Waals surface area contributed by atoms with E-state index in [0.29, 0.717) is 6.04 Å². The van der Waals surface area contributed by atoms with E-state index in [1.54, 1.807) is 0 Å². The molecule has 1 aromatic carbocycles. The summed E-state index contributed by atoms with van der Waals surface area (Å²) in [7, 11) is 0. The van der Waals surface area contributed by atoms with Crippen molar-refractivity contribution in [3.05, 3.63) is 48.3 Å². The zero-order valence-electron chi connectivity index (χ0n) is 12.9. The molecule has 4 heteroatoms. The Balaban J connectivity index is 1.41. The number of nitrogens with two attached hydrogens (primary N) is 1. The molecule has 0 amide bonds. The van der Waals surface area contributed by atoms with Crippen LogP contribution in [0.2, 0.25) is 0 Å². The van der Waals surface area contributed by atoms with Crippen molar-refractivity contribution in [3.8, 4) is 5.69 Å². The van der Waals surface area contributed by atoms with Gasteiger partial charge in [-0.2, -0.15) is 5.10 Å². The van der Waals surface area contributed by atoms with E-state index in [-0.39, 0.29) is 0 Å². The summed E-state index contributed by atoms with van der Waals surface area (Å²) in [5, 5.41) is 4.27. The fourth-order valence-electron chi connectivity index (χ4n) is 4.17. The second-order valence-electron chi connectivity index (χ2n) is 6.83. The lowest BCUT2D eigenvalue weighted by Crippen LogP contribution is -2.38. The second-order valence-corrected chi connectivity index (χ2v) is 6.83. The zero-order chi connectivity index (χ0) is 14.9. The van der Waals surface area contributed by atoms with Crippen molar-refractivity contribution in [2.45, 2.75) is 31.8 Å². The van der Waals surface area contributed by atoms with Gasteiger partial charge in [0.2, 0.25) is 0 Å². The van der Waals surface area contributed by atoms with E-state index in [2.05, 4.69) is 34.3 Å². The SMILES string of the molecule is NC1CCCC2CN(Cc3ccc(-n4cccn4)cc3)CC12. The highest BCUT2D eigenvalue weighted by molar-refractivity contribution is 5.33. The van der Waals surface area contributed by atoms with Gasteiger partial charge in [-0.25, -0.2) is 4.68 Å². The number of nitrogens with zero attached hydrogens (tertiary/aromatic N) is 3. The number of benzene rings is 1. The summed E-state index contributed by atoms with van der Waals surface area (Å²) >= 11 is 0. The maximum Gasteiger partial charge on any atom is 0.0645 e. The summed E-state index contributed by atoms with van der Waals surface area (Å²) in [5.41, 5.74) is 8.81. The van der Waals surface area contributed by atoms with E-state index < -0.39 is 0 Å². The van der Waals surface area contributed by atoms with E-state index in [9.17, 15) is 0 Å². The first-order chi connectivity index (χ1) is 10.8. The second kappa shape index (κ2) is 5.86. The highest BCUT2D eigenvalue weighted by atomic mass is 15.3. The minimum Gasteiger partial charge on any atom is -0.327 e. The van der Waals surface area contributed by atoms with Gasteiger partial charge in [-0.05, 0) is 48.4 Å². The first kappa shape index (κ1) is 14.0. The van der Waals surface area contributed by atoms with Crippen molar-refractivity contribution in [2.75, 3.05) is 13.1 Å². The van der Waals surface area contributed by atoms with Gasteiger partial charge in [0.05, 0.1) is 5.69 Å². The molecule has 1 saturated carbocycles. The van der Waals surface area contributed by atoms with Gasteiger partial charge in [0.25, 0.3) is 0 Å². The summed E-state index contributed by atoms with van der Waals surface area (Å²) in [5.74, 6) is 1.55. The number of fused-ring (bicyclic) bond motifs is 1. The Bertz CT molecular complexity index is 605. The van der Waals surface area contributed by atoms with Crippen molar-refractivity contribution < 1.29 is 0 Å². The Morgan fingerprint density at radius 2 is 2.00 bits per heavy atom. The standard InChI is InChI=1S/C18H24N4/c19-18-4-1-3-15-12-21(13-17(15)18)11-14-5-7-16(8-6-14)22-10-2-9-20-22/h2,5-10,15,17-18H,1,3-4,11-13,19H2. The molecule has 0 radical (unpaired) electrons. The predicted molar refractivity (Wildman–Crippen MR) is 87.6 cm³/mol. The number of hydrogen-bond donors (Lipinski definition) is 1. The van der Waals surface area contributed by atoms with Gasteiger partial charge in [-0.15, -0.1) is 0 Å². The molecule has 2 aliphatic rings. The molecule has 1 saturated heterocycles. The third-order valence-electron chi connectivity index (χ3n) is 5.34. The molecule has 4 nitrogen and oxygen atoms in total. The number of likely N-dealkylation sites (tertiary alicyclic amines) is 1. The third-order valence-corrected chi connectivity index (χ3v) is 5.34. The molecule has 3 unspecified atom stereocenters. The van der Waals surface area contributed by atoms with Crippen LogP contribution < -0.4 is 5.73 Å². The Morgan fingerprint density at radius 3 is 2.73 bits per heavy atom. The fraction of sp³-hybridized carbons (Fsp3) is 0.500.